The summed E-state index contributed by atoms with van der Waals surface area (Å²) in [6.45, 7) is 4.02. The topological polar surface area (TPSA) is 67.2 Å². The number of amides is 2. The summed E-state index contributed by atoms with van der Waals surface area (Å²) >= 11 is 5.97. The third-order valence-corrected chi connectivity index (χ3v) is 6.52. The van der Waals surface area contributed by atoms with Crippen molar-refractivity contribution in [3.63, 3.8) is 0 Å². The molecule has 3 aromatic carbocycles. The lowest BCUT2D eigenvalue weighted by molar-refractivity contribution is -0.117. The normalized spacial score (nSPS) is 12.9. The first kappa shape index (κ1) is 23.8. The second kappa shape index (κ2) is 9.99. The fourth-order valence-corrected chi connectivity index (χ4v) is 4.19. The zero-order valence-electron chi connectivity index (χ0n) is 20.2. The third kappa shape index (κ3) is 5.34. The summed E-state index contributed by atoms with van der Waals surface area (Å²) in [7, 11) is 0. The van der Waals surface area contributed by atoms with Crippen molar-refractivity contribution in [3.8, 4) is 16.9 Å². The molecule has 36 heavy (non-hydrogen) atoms. The van der Waals surface area contributed by atoms with Crippen LogP contribution in [-0.4, -0.2) is 38.9 Å². The molecule has 6 nitrogen and oxygen atoms in total. The Morgan fingerprint density at radius 3 is 2.17 bits per heavy atom. The van der Waals surface area contributed by atoms with E-state index < -0.39 is 0 Å². The Labute approximate surface area is 215 Å². The van der Waals surface area contributed by atoms with Crippen LogP contribution in [0.25, 0.3) is 16.9 Å². The monoisotopic (exact) mass is 498 g/mol. The molecule has 2 amide bonds. The zero-order chi connectivity index (χ0) is 25.2. The molecule has 0 spiro atoms. The van der Waals surface area contributed by atoms with Crippen molar-refractivity contribution in [1.29, 1.82) is 0 Å². The van der Waals surface area contributed by atoms with Crippen molar-refractivity contribution in [3.05, 3.63) is 101 Å². The number of nitrogens with zero attached hydrogens (tertiary/aromatic N) is 3. The number of halogens is 1. The van der Waals surface area contributed by atoms with Crippen LogP contribution in [0.3, 0.4) is 0 Å². The molecule has 0 saturated heterocycles. The van der Waals surface area contributed by atoms with Crippen molar-refractivity contribution < 1.29 is 9.59 Å². The van der Waals surface area contributed by atoms with E-state index in [4.69, 9.17) is 16.6 Å². The van der Waals surface area contributed by atoms with Gasteiger partial charge in [-0.2, -0.15) is 0 Å². The minimum Gasteiger partial charge on any atom is -0.326 e. The van der Waals surface area contributed by atoms with Gasteiger partial charge in [0.1, 0.15) is 6.54 Å². The Bertz CT molecular complexity index is 1390. The molecule has 4 aromatic rings. The Hall–Kier alpha value is -3.90. The van der Waals surface area contributed by atoms with Gasteiger partial charge in [0, 0.05) is 34.1 Å². The number of rotatable bonds is 7. The number of aromatic nitrogens is 2. The van der Waals surface area contributed by atoms with Gasteiger partial charge in [-0.3, -0.25) is 19.5 Å². The summed E-state index contributed by atoms with van der Waals surface area (Å²) in [4.78, 5) is 32.7. The van der Waals surface area contributed by atoms with Crippen molar-refractivity contribution in [2.45, 2.75) is 32.7 Å². The smallest absolute Gasteiger partial charge is 0.254 e. The minimum atomic E-state index is -0.293. The number of carbonyl (C=O) groups excluding carboxylic acids is 2. The number of nitrogens with one attached hydrogen (secondary N) is 1. The minimum absolute atomic E-state index is 0.0489. The second-order valence-electron chi connectivity index (χ2n) is 9.24. The predicted molar refractivity (Wildman–Crippen MR) is 143 cm³/mol. The summed E-state index contributed by atoms with van der Waals surface area (Å²) in [5, 5.41) is 3.52. The molecule has 1 heterocycles. The summed E-state index contributed by atoms with van der Waals surface area (Å²) < 4.78 is 1.87. The van der Waals surface area contributed by atoms with Crippen LogP contribution in [0.5, 0.6) is 0 Å². The molecule has 0 bridgehead atoms. The number of imidazole rings is 1. The van der Waals surface area contributed by atoms with Gasteiger partial charge in [0.25, 0.3) is 5.91 Å². The quantitative estimate of drug-likeness (QED) is 0.337. The van der Waals surface area contributed by atoms with Gasteiger partial charge in [-0.1, -0.05) is 59.1 Å². The zero-order valence-corrected chi connectivity index (χ0v) is 21.0. The van der Waals surface area contributed by atoms with Crippen molar-refractivity contribution >= 4 is 29.4 Å². The summed E-state index contributed by atoms with van der Waals surface area (Å²) in [6, 6.07) is 22.9. The highest BCUT2D eigenvalue weighted by molar-refractivity contribution is 6.30. The molecule has 0 unspecified atom stereocenters. The first-order valence-corrected chi connectivity index (χ1v) is 12.3. The lowest BCUT2D eigenvalue weighted by Gasteiger charge is -2.22. The van der Waals surface area contributed by atoms with Crippen molar-refractivity contribution in [2.24, 2.45) is 0 Å². The first-order valence-electron chi connectivity index (χ1n) is 12.0. The fraction of sp³-hybridized carbons (Fsp3) is 0.207. The number of hydrogen-bond donors (Lipinski definition) is 1. The number of carbonyl (C=O) groups is 2. The highest BCUT2D eigenvalue weighted by Gasteiger charge is 2.34. The molecule has 0 radical (unpaired) electrons. The highest BCUT2D eigenvalue weighted by Crippen LogP contribution is 2.29. The van der Waals surface area contributed by atoms with E-state index in [1.165, 1.54) is 0 Å². The fourth-order valence-electron chi connectivity index (χ4n) is 4.06. The van der Waals surface area contributed by atoms with Gasteiger partial charge in [-0.15, -0.1) is 0 Å². The molecule has 0 atom stereocenters. The maximum Gasteiger partial charge on any atom is 0.254 e. The molecule has 1 aromatic heterocycles. The predicted octanol–water partition coefficient (Wildman–Crippen LogP) is 6.05. The molecule has 1 saturated carbocycles. The van der Waals surface area contributed by atoms with Crippen LogP contribution in [-0.2, 0) is 4.79 Å². The molecule has 182 valence electrons. The Morgan fingerprint density at radius 2 is 1.56 bits per heavy atom. The lowest BCUT2D eigenvalue weighted by Crippen LogP contribution is -2.39. The molecular formula is C29H27ClN4O2. The number of anilines is 1. The van der Waals surface area contributed by atoms with Crippen LogP contribution in [0.15, 0.2) is 79.0 Å². The van der Waals surface area contributed by atoms with Gasteiger partial charge < -0.3 is 4.90 Å². The van der Waals surface area contributed by atoms with Crippen LogP contribution in [0, 0.1) is 13.8 Å². The van der Waals surface area contributed by atoms with E-state index in [9.17, 15) is 9.59 Å². The van der Waals surface area contributed by atoms with Gasteiger partial charge in [0.2, 0.25) is 11.9 Å². The Kier molecular flexibility index (Phi) is 6.61. The van der Waals surface area contributed by atoms with E-state index >= 15 is 0 Å². The van der Waals surface area contributed by atoms with Crippen molar-refractivity contribution in [1.82, 2.24) is 14.5 Å². The molecule has 7 heteroatoms. The largest absolute Gasteiger partial charge is 0.326 e. The lowest BCUT2D eigenvalue weighted by atomic mass is 10.1. The average molecular weight is 499 g/mol. The molecular weight excluding hydrogens is 472 g/mol. The molecule has 1 fully saturated rings. The van der Waals surface area contributed by atoms with Gasteiger partial charge in [-0.25, -0.2) is 4.98 Å². The third-order valence-electron chi connectivity index (χ3n) is 6.27. The van der Waals surface area contributed by atoms with Crippen LogP contribution >= 0.6 is 11.6 Å². The van der Waals surface area contributed by atoms with Crippen LogP contribution in [0.2, 0.25) is 5.02 Å². The second-order valence-corrected chi connectivity index (χ2v) is 9.68. The van der Waals surface area contributed by atoms with E-state index in [0.717, 1.165) is 40.9 Å². The van der Waals surface area contributed by atoms with Gasteiger partial charge >= 0.3 is 0 Å². The standard InChI is InChI=1S/C29H27ClN4O2/c1-19-3-7-21(8-4-19)26-17-34(25-13-5-20(2)6-14-25)29(31-26)32-27(35)18-33(24-15-16-24)28(36)22-9-11-23(30)12-10-22/h3-14,17,24H,15-16,18H2,1-2H3,(H,31,32,35). The van der Waals surface area contributed by atoms with Gasteiger partial charge in [0.05, 0.1) is 5.69 Å². The van der Waals surface area contributed by atoms with E-state index in [1.807, 2.05) is 73.1 Å². The summed E-state index contributed by atoms with van der Waals surface area (Å²) in [5.74, 6) is -0.0562. The maximum absolute atomic E-state index is 13.2. The van der Waals surface area contributed by atoms with E-state index in [0.29, 0.717) is 16.5 Å². The van der Waals surface area contributed by atoms with Crippen LogP contribution < -0.4 is 5.32 Å². The van der Waals surface area contributed by atoms with Crippen LogP contribution in [0.1, 0.15) is 34.3 Å². The number of benzene rings is 3. The van der Waals surface area contributed by atoms with Crippen molar-refractivity contribution in [2.75, 3.05) is 11.9 Å². The molecule has 1 aliphatic carbocycles. The summed E-state index contributed by atoms with van der Waals surface area (Å²) in [5.41, 5.74) is 5.42. The Balaban J connectivity index is 1.41. The number of hydrogen-bond acceptors (Lipinski definition) is 3. The van der Waals surface area contributed by atoms with Gasteiger partial charge in [0.15, 0.2) is 0 Å². The Morgan fingerprint density at radius 1 is 0.944 bits per heavy atom. The first-order chi connectivity index (χ1) is 17.4. The van der Waals surface area contributed by atoms with E-state index in [1.54, 1.807) is 29.2 Å². The molecule has 1 N–H and O–H groups in total. The van der Waals surface area contributed by atoms with E-state index in [2.05, 4.69) is 5.32 Å². The molecule has 1 aliphatic rings. The van der Waals surface area contributed by atoms with Crippen LogP contribution in [0.4, 0.5) is 5.95 Å². The maximum atomic E-state index is 13.2. The highest BCUT2D eigenvalue weighted by atomic mass is 35.5. The average Bonchev–Trinajstić information content (AvgIpc) is 3.64. The SMILES string of the molecule is Cc1ccc(-c2cn(-c3ccc(C)cc3)c(NC(=O)CN(C(=O)c3ccc(Cl)cc3)C3CC3)n2)cc1. The number of aryl methyl sites for hydroxylation is 2. The van der Waals surface area contributed by atoms with E-state index in [-0.39, 0.29) is 24.4 Å². The molecule has 0 aliphatic heterocycles. The summed E-state index contributed by atoms with van der Waals surface area (Å²) in [6.07, 6.45) is 3.70. The van der Waals surface area contributed by atoms with Gasteiger partial charge in [-0.05, 0) is 63.1 Å². The molecule has 5 rings (SSSR count).